The zero-order valence-corrected chi connectivity index (χ0v) is 9.75. The maximum absolute atomic E-state index is 11.8. The maximum atomic E-state index is 11.8. The Morgan fingerprint density at radius 1 is 1.53 bits per heavy atom. The van der Waals surface area contributed by atoms with Gasteiger partial charge in [0.1, 0.15) is 11.4 Å². The third-order valence-electron chi connectivity index (χ3n) is 2.78. The fourth-order valence-electron chi connectivity index (χ4n) is 1.80. The predicted molar refractivity (Wildman–Crippen MR) is 64.5 cm³/mol. The number of nitro groups is 1. The van der Waals surface area contributed by atoms with Gasteiger partial charge in [-0.1, -0.05) is 0 Å². The van der Waals surface area contributed by atoms with Crippen molar-refractivity contribution >= 4 is 23.2 Å². The molecular weight excluding hydrogens is 254 g/mol. The highest BCUT2D eigenvalue weighted by Crippen LogP contribution is 2.29. The van der Waals surface area contributed by atoms with Crippen LogP contribution in [0.25, 0.3) is 0 Å². The third-order valence-corrected chi connectivity index (χ3v) is 2.78. The van der Waals surface area contributed by atoms with Crippen LogP contribution in [0.4, 0.5) is 11.4 Å². The number of nitrogens with one attached hydrogen (secondary N) is 2. The first-order valence-corrected chi connectivity index (χ1v) is 5.52. The van der Waals surface area contributed by atoms with Crippen LogP contribution < -0.4 is 10.6 Å². The Kier molecular flexibility index (Phi) is 3.32. The average Bonchev–Trinajstić information content (AvgIpc) is 2.78. The Morgan fingerprint density at radius 2 is 2.26 bits per heavy atom. The van der Waals surface area contributed by atoms with E-state index in [0.717, 1.165) is 6.07 Å². The molecule has 1 aliphatic heterocycles. The Bertz CT molecular complexity index is 557. The van der Waals surface area contributed by atoms with Crippen LogP contribution in [0.5, 0.6) is 5.75 Å². The van der Waals surface area contributed by atoms with Gasteiger partial charge in [0.25, 0.3) is 5.69 Å². The fraction of sp³-hybridized carbons (Fsp3) is 0.273. The second-order valence-electron chi connectivity index (χ2n) is 4.15. The smallest absolute Gasteiger partial charge is 0.296 e. The van der Waals surface area contributed by atoms with Gasteiger partial charge in [-0.3, -0.25) is 19.7 Å². The monoisotopic (exact) mass is 265 g/mol. The summed E-state index contributed by atoms with van der Waals surface area (Å²) in [6.45, 7) is 0.219. The van der Waals surface area contributed by atoms with Gasteiger partial charge in [0.05, 0.1) is 16.9 Å². The molecule has 0 saturated carbocycles. The molecule has 0 aromatic heterocycles. The molecule has 0 radical (unpaired) electrons. The summed E-state index contributed by atoms with van der Waals surface area (Å²) >= 11 is 0. The molecule has 1 unspecified atom stereocenters. The molecule has 0 aliphatic carbocycles. The summed E-state index contributed by atoms with van der Waals surface area (Å²) in [5.41, 5.74) is -0.405. The molecule has 1 aliphatic rings. The van der Waals surface area contributed by atoms with E-state index in [1.807, 2.05) is 0 Å². The lowest BCUT2D eigenvalue weighted by molar-refractivity contribution is -0.384. The van der Waals surface area contributed by atoms with Crippen LogP contribution in [0.3, 0.4) is 0 Å². The van der Waals surface area contributed by atoms with Crippen molar-refractivity contribution in [1.29, 1.82) is 0 Å². The predicted octanol–water partition coefficient (Wildman–Crippen LogP) is 0.375. The summed E-state index contributed by atoms with van der Waals surface area (Å²) < 4.78 is 0. The molecule has 1 aromatic carbocycles. The molecule has 1 saturated heterocycles. The average molecular weight is 265 g/mol. The molecule has 0 bridgehead atoms. The van der Waals surface area contributed by atoms with Gasteiger partial charge in [0.2, 0.25) is 11.8 Å². The molecule has 1 fully saturated rings. The van der Waals surface area contributed by atoms with Crippen molar-refractivity contribution in [2.75, 3.05) is 11.9 Å². The van der Waals surface area contributed by atoms with Crippen molar-refractivity contribution in [3.63, 3.8) is 0 Å². The first-order chi connectivity index (χ1) is 8.97. The Labute approximate surface area is 107 Å². The van der Waals surface area contributed by atoms with Gasteiger partial charge in [-0.2, -0.15) is 0 Å². The van der Waals surface area contributed by atoms with E-state index in [-0.39, 0.29) is 30.3 Å². The number of aromatic hydroxyl groups is 1. The van der Waals surface area contributed by atoms with Crippen LogP contribution in [-0.2, 0) is 9.59 Å². The Hall–Kier alpha value is -2.64. The molecule has 19 heavy (non-hydrogen) atoms. The van der Waals surface area contributed by atoms with Crippen molar-refractivity contribution in [2.24, 2.45) is 5.92 Å². The van der Waals surface area contributed by atoms with E-state index in [9.17, 15) is 24.8 Å². The van der Waals surface area contributed by atoms with E-state index in [1.54, 1.807) is 0 Å². The number of nitro benzene ring substituents is 1. The largest absolute Gasteiger partial charge is 0.508 e. The van der Waals surface area contributed by atoms with E-state index in [2.05, 4.69) is 10.6 Å². The van der Waals surface area contributed by atoms with Gasteiger partial charge >= 0.3 is 0 Å². The lowest BCUT2D eigenvalue weighted by Gasteiger charge is -2.09. The van der Waals surface area contributed by atoms with Crippen molar-refractivity contribution in [3.8, 4) is 5.75 Å². The number of carbonyl (C=O) groups excluding carboxylic acids is 2. The number of hydrogen-bond donors (Lipinski definition) is 3. The highest BCUT2D eigenvalue weighted by Gasteiger charge is 2.29. The van der Waals surface area contributed by atoms with Gasteiger partial charge in [-0.05, 0) is 12.1 Å². The standard InChI is InChI=1S/C11H11N3O5/c15-7-1-2-8(9(4-7)14(18)19)13-11(17)6-3-10(16)12-5-6/h1-2,4,6,15H,3,5H2,(H,12,16)(H,13,17). The first kappa shape index (κ1) is 12.8. The van der Waals surface area contributed by atoms with Crippen molar-refractivity contribution in [1.82, 2.24) is 5.32 Å². The third kappa shape index (κ3) is 2.79. The topological polar surface area (TPSA) is 122 Å². The number of amides is 2. The van der Waals surface area contributed by atoms with Crippen molar-refractivity contribution in [2.45, 2.75) is 6.42 Å². The van der Waals surface area contributed by atoms with Crippen LogP contribution in [0, 0.1) is 16.0 Å². The molecule has 1 heterocycles. The van der Waals surface area contributed by atoms with Gasteiger partial charge in [0.15, 0.2) is 0 Å². The van der Waals surface area contributed by atoms with Crippen LogP contribution in [0.1, 0.15) is 6.42 Å². The molecule has 8 nitrogen and oxygen atoms in total. The van der Waals surface area contributed by atoms with Crippen LogP contribution >= 0.6 is 0 Å². The molecule has 8 heteroatoms. The van der Waals surface area contributed by atoms with Crippen molar-refractivity contribution in [3.05, 3.63) is 28.3 Å². The summed E-state index contributed by atoms with van der Waals surface area (Å²) in [6, 6.07) is 3.43. The summed E-state index contributed by atoms with van der Waals surface area (Å²) in [5.74, 6) is -1.49. The molecule has 3 N–H and O–H groups in total. The Morgan fingerprint density at radius 3 is 2.84 bits per heavy atom. The molecule has 1 aromatic rings. The molecule has 2 amide bonds. The van der Waals surface area contributed by atoms with Crippen molar-refractivity contribution < 1.29 is 19.6 Å². The lowest BCUT2D eigenvalue weighted by Crippen LogP contribution is -2.25. The molecular formula is C11H11N3O5. The number of benzene rings is 1. The van der Waals surface area contributed by atoms with Gasteiger partial charge in [-0.15, -0.1) is 0 Å². The number of phenolic OH excluding ortho intramolecular Hbond substituents is 1. The fourth-order valence-corrected chi connectivity index (χ4v) is 1.80. The minimum atomic E-state index is -0.701. The summed E-state index contributed by atoms with van der Waals surface area (Å²) in [4.78, 5) is 32.9. The van der Waals surface area contributed by atoms with E-state index in [4.69, 9.17) is 0 Å². The minimum Gasteiger partial charge on any atom is -0.508 e. The number of nitrogens with zero attached hydrogens (tertiary/aromatic N) is 1. The van der Waals surface area contributed by atoms with E-state index >= 15 is 0 Å². The SMILES string of the molecule is O=C1CC(C(=O)Nc2ccc(O)cc2[N+](=O)[O-])CN1. The van der Waals surface area contributed by atoms with E-state index < -0.39 is 22.4 Å². The maximum Gasteiger partial charge on any atom is 0.296 e. The molecule has 2 rings (SSSR count). The molecule has 0 spiro atoms. The minimum absolute atomic E-state index is 0.00727. The van der Waals surface area contributed by atoms with Crippen LogP contribution in [0.15, 0.2) is 18.2 Å². The van der Waals surface area contributed by atoms with E-state index in [1.165, 1.54) is 12.1 Å². The van der Waals surface area contributed by atoms with Crippen LogP contribution in [-0.4, -0.2) is 28.4 Å². The van der Waals surface area contributed by atoms with E-state index in [0.29, 0.717) is 0 Å². The van der Waals surface area contributed by atoms with Gasteiger partial charge in [-0.25, -0.2) is 0 Å². The van der Waals surface area contributed by atoms with Gasteiger partial charge < -0.3 is 15.7 Å². The highest BCUT2D eigenvalue weighted by atomic mass is 16.6. The number of anilines is 1. The number of hydrogen-bond acceptors (Lipinski definition) is 5. The first-order valence-electron chi connectivity index (χ1n) is 5.52. The zero-order valence-electron chi connectivity index (χ0n) is 9.75. The molecule has 100 valence electrons. The van der Waals surface area contributed by atoms with Gasteiger partial charge in [0, 0.05) is 13.0 Å². The zero-order chi connectivity index (χ0) is 14.0. The Balaban J connectivity index is 2.17. The molecule has 1 atom stereocenters. The number of phenols is 1. The summed E-state index contributed by atoms with van der Waals surface area (Å²) in [7, 11) is 0. The second kappa shape index (κ2) is 4.92. The number of carbonyl (C=O) groups is 2. The number of rotatable bonds is 3. The second-order valence-corrected chi connectivity index (χ2v) is 4.15. The summed E-state index contributed by atoms with van der Waals surface area (Å²) in [6.07, 6.45) is 0.0672. The lowest BCUT2D eigenvalue weighted by atomic mass is 10.1. The normalized spacial score (nSPS) is 17.9. The van der Waals surface area contributed by atoms with Crippen LogP contribution in [0.2, 0.25) is 0 Å². The highest BCUT2D eigenvalue weighted by molar-refractivity contribution is 5.98. The quantitative estimate of drug-likeness (QED) is 0.414. The summed E-state index contributed by atoms with van der Waals surface area (Å²) in [5, 5.41) is 24.9.